The number of anilines is 1. The van der Waals surface area contributed by atoms with Crippen LogP contribution in [-0.2, 0) is 6.42 Å². The van der Waals surface area contributed by atoms with E-state index < -0.39 is 17.5 Å². The summed E-state index contributed by atoms with van der Waals surface area (Å²) < 4.78 is 26.8. The monoisotopic (exact) mass is 309 g/mol. The maximum absolute atomic E-state index is 13.6. The highest BCUT2D eigenvalue weighted by molar-refractivity contribution is 6.18. The van der Waals surface area contributed by atoms with Gasteiger partial charge in [0.2, 0.25) is 0 Å². The molecule has 2 nitrogen and oxygen atoms in total. The Kier molecular flexibility index (Phi) is 4.91. The third-order valence-electron chi connectivity index (χ3n) is 3.09. The fraction of sp³-hybridized carbons (Fsp3) is 0.188. The molecule has 1 amide bonds. The second-order valence-electron chi connectivity index (χ2n) is 4.67. The number of aryl methyl sites for hydroxylation is 2. The highest BCUT2D eigenvalue weighted by atomic mass is 35.5. The quantitative estimate of drug-likeness (QED) is 0.838. The molecular weight excluding hydrogens is 296 g/mol. The van der Waals surface area contributed by atoms with Gasteiger partial charge >= 0.3 is 0 Å². The van der Waals surface area contributed by atoms with Crippen molar-refractivity contribution in [1.82, 2.24) is 0 Å². The largest absolute Gasteiger partial charge is 0.322 e. The van der Waals surface area contributed by atoms with Gasteiger partial charge in [0.25, 0.3) is 5.91 Å². The minimum atomic E-state index is -0.880. The van der Waals surface area contributed by atoms with Crippen LogP contribution in [0, 0.1) is 18.6 Å². The number of nitrogens with one attached hydrogen (secondary N) is 1. The molecule has 0 atom stereocenters. The van der Waals surface area contributed by atoms with Gasteiger partial charge in [0, 0.05) is 17.6 Å². The van der Waals surface area contributed by atoms with Gasteiger partial charge in [0.05, 0.1) is 5.56 Å². The van der Waals surface area contributed by atoms with Gasteiger partial charge < -0.3 is 5.32 Å². The molecule has 0 aliphatic carbocycles. The molecule has 110 valence electrons. The summed E-state index contributed by atoms with van der Waals surface area (Å²) >= 11 is 5.64. The maximum Gasteiger partial charge on any atom is 0.258 e. The highest BCUT2D eigenvalue weighted by Crippen LogP contribution is 2.17. The van der Waals surface area contributed by atoms with Gasteiger partial charge in [-0.25, -0.2) is 8.78 Å². The van der Waals surface area contributed by atoms with Gasteiger partial charge in [0.1, 0.15) is 11.6 Å². The summed E-state index contributed by atoms with van der Waals surface area (Å²) in [6.07, 6.45) is 0.738. The van der Waals surface area contributed by atoms with Gasteiger partial charge in [-0.05, 0) is 42.7 Å². The van der Waals surface area contributed by atoms with Crippen LogP contribution in [0.5, 0.6) is 0 Å². The van der Waals surface area contributed by atoms with Crippen LogP contribution in [0.2, 0.25) is 0 Å². The van der Waals surface area contributed by atoms with Crippen molar-refractivity contribution in [2.24, 2.45) is 0 Å². The topological polar surface area (TPSA) is 29.1 Å². The van der Waals surface area contributed by atoms with E-state index in [1.54, 1.807) is 12.1 Å². The Bertz CT molecular complexity index is 656. The zero-order valence-electron chi connectivity index (χ0n) is 11.4. The average Bonchev–Trinajstić information content (AvgIpc) is 2.45. The molecular formula is C16H14ClF2NO. The van der Waals surface area contributed by atoms with E-state index in [-0.39, 0.29) is 11.1 Å². The van der Waals surface area contributed by atoms with Crippen LogP contribution in [0.1, 0.15) is 21.5 Å². The number of rotatable bonds is 4. The van der Waals surface area contributed by atoms with Gasteiger partial charge in [-0.3, -0.25) is 4.79 Å². The molecule has 0 aliphatic heterocycles. The van der Waals surface area contributed by atoms with Crippen molar-refractivity contribution in [1.29, 1.82) is 0 Å². The Balaban J connectivity index is 2.16. The van der Waals surface area contributed by atoms with E-state index in [1.165, 1.54) is 13.0 Å². The zero-order valence-corrected chi connectivity index (χ0v) is 12.2. The molecule has 2 rings (SSSR count). The first-order valence-electron chi connectivity index (χ1n) is 6.43. The Hall–Kier alpha value is -1.94. The lowest BCUT2D eigenvalue weighted by Gasteiger charge is -2.08. The highest BCUT2D eigenvalue weighted by Gasteiger charge is 2.14. The molecule has 0 saturated carbocycles. The summed E-state index contributed by atoms with van der Waals surface area (Å²) in [6.45, 7) is 1.48. The fourth-order valence-electron chi connectivity index (χ4n) is 1.89. The molecule has 2 aromatic rings. The lowest BCUT2D eigenvalue weighted by atomic mass is 10.1. The lowest BCUT2D eigenvalue weighted by Crippen LogP contribution is -2.14. The van der Waals surface area contributed by atoms with Crippen LogP contribution >= 0.6 is 11.6 Å². The van der Waals surface area contributed by atoms with Crippen LogP contribution in [-0.4, -0.2) is 11.8 Å². The van der Waals surface area contributed by atoms with E-state index in [0.717, 1.165) is 12.0 Å². The molecule has 0 saturated heterocycles. The second kappa shape index (κ2) is 6.68. The summed E-state index contributed by atoms with van der Waals surface area (Å²) in [5.74, 6) is -1.64. The lowest BCUT2D eigenvalue weighted by molar-refractivity contribution is 0.102. The Morgan fingerprint density at radius 1 is 1.14 bits per heavy atom. The number of benzene rings is 2. The van der Waals surface area contributed by atoms with E-state index in [0.29, 0.717) is 17.6 Å². The van der Waals surface area contributed by atoms with Crippen molar-refractivity contribution < 1.29 is 13.6 Å². The number of amides is 1. The number of halogens is 3. The second-order valence-corrected chi connectivity index (χ2v) is 5.05. The predicted molar refractivity (Wildman–Crippen MR) is 79.9 cm³/mol. The summed E-state index contributed by atoms with van der Waals surface area (Å²) in [4.78, 5) is 12.0. The summed E-state index contributed by atoms with van der Waals surface area (Å²) in [5, 5.41) is 2.58. The van der Waals surface area contributed by atoms with Gasteiger partial charge in [-0.2, -0.15) is 0 Å². The number of carbonyl (C=O) groups excluding carboxylic acids is 1. The van der Waals surface area contributed by atoms with Crippen molar-refractivity contribution in [3.05, 3.63) is 64.7 Å². The summed E-state index contributed by atoms with van der Waals surface area (Å²) in [5.41, 5.74) is 1.63. The molecule has 0 aromatic heterocycles. The molecule has 0 spiro atoms. The molecule has 5 heteroatoms. The minimum absolute atomic E-state index is 0.182. The first-order chi connectivity index (χ1) is 10.0. The molecule has 0 aliphatic rings. The van der Waals surface area contributed by atoms with Crippen LogP contribution in [0.3, 0.4) is 0 Å². The number of hydrogen-bond acceptors (Lipinski definition) is 1. The van der Waals surface area contributed by atoms with E-state index in [9.17, 15) is 13.6 Å². The van der Waals surface area contributed by atoms with E-state index >= 15 is 0 Å². The number of alkyl halides is 1. The first kappa shape index (κ1) is 15.4. The molecule has 2 aromatic carbocycles. The normalized spacial score (nSPS) is 10.5. The predicted octanol–water partition coefficient (Wildman–Crippen LogP) is 4.31. The molecule has 21 heavy (non-hydrogen) atoms. The van der Waals surface area contributed by atoms with E-state index in [2.05, 4.69) is 5.32 Å². The number of hydrogen-bond donors (Lipinski definition) is 1. The van der Waals surface area contributed by atoms with Gasteiger partial charge in [-0.15, -0.1) is 11.6 Å². The summed E-state index contributed by atoms with van der Waals surface area (Å²) in [7, 11) is 0. The molecule has 0 bridgehead atoms. The van der Waals surface area contributed by atoms with Crippen molar-refractivity contribution in [3.8, 4) is 0 Å². The van der Waals surface area contributed by atoms with Gasteiger partial charge in [0.15, 0.2) is 0 Å². The number of carbonyl (C=O) groups is 1. The van der Waals surface area contributed by atoms with E-state index in [1.807, 2.05) is 12.1 Å². The smallest absolute Gasteiger partial charge is 0.258 e. The van der Waals surface area contributed by atoms with Crippen molar-refractivity contribution in [2.45, 2.75) is 13.3 Å². The minimum Gasteiger partial charge on any atom is -0.322 e. The molecule has 0 heterocycles. The SMILES string of the molecule is Cc1cc(C(=O)Nc2ccc(CCCl)cc2)c(F)cc1F. The van der Waals surface area contributed by atoms with E-state index in [4.69, 9.17) is 11.6 Å². The van der Waals surface area contributed by atoms with Crippen molar-refractivity contribution in [3.63, 3.8) is 0 Å². The zero-order chi connectivity index (χ0) is 15.4. The first-order valence-corrected chi connectivity index (χ1v) is 6.96. The Morgan fingerprint density at radius 3 is 2.43 bits per heavy atom. The molecule has 0 fully saturated rings. The van der Waals surface area contributed by atoms with Crippen LogP contribution in [0.15, 0.2) is 36.4 Å². The van der Waals surface area contributed by atoms with Crippen molar-refractivity contribution >= 4 is 23.2 Å². The van der Waals surface area contributed by atoms with Crippen molar-refractivity contribution in [2.75, 3.05) is 11.2 Å². The van der Waals surface area contributed by atoms with Gasteiger partial charge in [-0.1, -0.05) is 12.1 Å². The van der Waals surface area contributed by atoms with Crippen LogP contribution in [0.25, 0.3) is 0 Å². The van der Waals surface area contributed by atoms with Crippen LogP contribution in [0.4, 0.5) is 14.5 Å². The average molecular weight is 310 g/mol. The van der Waals surface area contributed by atoms with Crippen LogP contribution < -0.4 is 5.32 Å². The molecule has 0 radical (unpaired) electrons. The fourth-order valence-corrected chi connectivity index (χ4v) is 2.11. The summed E-state index contributed by atoms with van der Waals surface area (Å²) in [6, 6.07) is 9.02. The molecule has 0 unspecified atom stereocenters. The maximum atomic E-state index is 13.6. The Morgan fingerprint density at radius 2 is 1.81 bits per heavy atom. The third kappa shape index (κ3) is 3.79. The standard InChI is InChI=1S/C16H14ClF2NO/c1-10-8-13(15(19)9-14(10)18)16(21)20-12-4-2-11(3-5-12)6-7-17/h2-5,8-9H,6-7H2,1H3,(H,20,21). The Labute approximate surface area is 126 Å². The molecule has 1 N–H and O–H groups in total. The third-order valence-corrected chi connectivity index (χ3v) is 3.28.